The second-order valence-electron chi connectivity index (χ2n) is 4.22. The standard InChI is InChI=1S/C13H12N2O5/c14-9(16)5-6-15-8-4-2-1-3-7(8)11(17)10(12(15)18)13(19)20/h1-4,17H,5-6H2,(H2,14,16)(H,19,20). The van der Waals surface area contributed by atoms with Gasteiger partial charge in [0.05, 0.1) is 5.52 Å². The molecule has 2 aromatic rings. The van der Waals surface area contributed by atoms with Crippen molar-refractivity contribution >= 4 is 22.8 Å². The van der Waals surface area contributed by atoms with Crippen LogP contribution in [0.15, 0.2) is 29.1 Å². The normalized spacial score (nSPS) is 10.6. The third kappa shape index (κ3) is 2.20. The number of amides is 1. The van der Waals surface area contributed by atoms with E-state index in [2.05, 4.69) is 0 Å². The van der Waals surface area contributed by atoms with Crippen molar-refractivity contribution < 1.29 is 19.8 Å². The molecule has 4 N–H and O–H groups in total. The van der Waals surface area contributed by atoms with E-state index in [-0.39, 0.29) is 18.4 Å². The van der Waals surface area contributed by atoms with Crippen LogP contribution in [0, 0.1) is 0 Å². The molecule has 0 aliphatic heterocycles. The van der Waals surface area contributed by atoms with Gasteiger partial charge < -0.3 is 20.5 Å². The number of hydrogen-bond acceptors (Lipinski definition) is 4. The topological polar surface area (TPSA) is 123 Å². The van der Waals surface area contributed by atoms with Crippen molar-refractivity contribution in [2.24, 2.45) is 5.73 Å². The van der Waals surface area contributed by atoms with Crippen molar-refractivity contribution in [1.29, 1.82) is 0 Å². The number of rotatable bonds is 4. The van der Waals surface area contributed by atoms with Gasteiger partial charge in [-0.25, -0.2) is 4.79 Å². The SMILES string of the molecule is NC(=O)CCn1c(=O)c(C(=O)O)c(O)c2ccccc21. The number of carboxylic acids is 1. The van der Waals surface area contributed by atoms with E-state index < -0.39 is 28.7 Å². The summed E-state index contributed by atoms with van der Waals surface area (Å²) in [7, 11) is 0. The van der Waals surface area contributed by atoms with Crippen molar-refractivity contribution in [1.82, 2.24) is 4.57 Å². The lowest BCUT2D eigenvalue weighted by atomic mass is 10.1. The van der Waals surface area contributed by atoms with Gasteiger partial charge in [-0.1, -0.05) is 12.1 Å². The lowest BCUT2D eigenvalue weighted by Gasteiger charge is -2.12. The number of aromatic hydroxyl groups is 1. The summed E-state index contributed by atoms with van der Waals surface area (Å²) in [4.78, 5) is 34.1. The minimum atomic E-state index is -1.52. The minimum Gasteiger partial charge on any atom is -0.506 e. The van der Waals surface area contributed by atoms with Crippen LogP contribution < -0.4 is 11.3 Å². The Morgan fingerprint density at radius 3 is 2.50 bits per heavy atom. The van der Waals surface area contributed by atoms with Gasteiger partial charge in [-0.05, 0) is 12.1 Å². The summed E-state index contributed by atoms with van der Waals surface area (Å²) in [6, 6.07) is 6.30. The van der Waals surface area contributed by atoms with Crippen molar-refractivity contribution in [2.45, 2.75) is 13.0 Å². The number of pyridine rings is 1. The molecule has 0 bridgehead atoms. The van der Waals surface area contributed by atoms with Gasteiger partial charge in [0.2, 0.25) is 5.91 Å². The molecule has 0 aliphatic carbocycles. The molecular formula is C13H12N2O5. The van der Waals surface area contributed by atoms with Crippen LogP contribution in [0.4, 0.5) is 0 Å². The summed E-state index contributed by atoms with van der Waals surface area (Å²) in [5, 5.41) is 19.2. The molecule has 1 aromatic heterocycles. The fourth-order valence-electron chi connectivity index (χ4n) is 2.03. The van der Waals surface area contributed by atoms with Crippen molar-refractivity contribution in [2.75, 3.05) is 0 Å². The van der Waals surface area contributed by atoms with E-state index in [1.807, 2.05) is 0 Å². The molecule has 0 unspecified atom stereocenters. The Morgan fingerprint density at radius 1 is 1.25 bits per heavy atom. The van der Waals surface area contributed by atoms with Gasteiger partial charge in [-0.3, -0.25) is 9.59 Å². The van der Waals surface area contributed by atoms with E-state index in [0.29, 0.717) is 5.52 Å². The second-order valence-corrected chi connectivity index (χ2v) is 4.22. The van der Waals surface area contributed by atoms with Crippen LogP contribution in [-0.4, -0.2) is 26.7 Å². The Morgan fingerprint density at radius 2 is 1.90 bits per heavy atom. The van der Waals surface area contributed by atoms with Crippen LogP contribution in [-0.2, 0) is 11.3 Å². The van der Waals surface area contributed by atoms with Gasteiger partial charge in [-0.15, -0.1) is 0 Å². The molecule has 1 amide bonds. The predicted molar refractivity (Wildman–Crippen MR) is 70.6 cm³/mol. The fourth-order valence-corrected chi connectivity index (χ4v) is 2.03. The highest BCUT2D eigenvalue weighted by Crippen LogP contribution is 2.26. The number of carbonyl (C=O) groups excluding carboxylic acids is 1. The number of aromatic nitrogens is 1. The van der Waals surface area contributed by atoms with Crippen LogP contribution in [0.5, 0.6) is 5.75 Å². The number of nitrogens with two attached hydrogens (primary N) is 1. The van der Waals surface area contributed by atoms with Gasteiger partial charge in [-0.2, -0.15) is 0 Å². The molecule has 2 rings (SSSR count). The van der Waals surface area contributed by atoms with Crippen LogP contribution >= 0.6 is 0 Å². The minimum absolute atomic E-state index is 0.0464. The summed E-state index contributed by atoms with van der Waals surface area (Å²) < 4.78 is 1.13. The van der Waals surface area contributed by atoms with Gasteiger partial charge in [0.15, 0.2) is 5.56 Å². The smallest absolute Gasteiger partial charge is 0.345 e. The monoisotopic (exact) mass is 276 g/mol. The number of nitrogens with zero attached hydrogens (tertiary/aromatic N) is 1. The zero-order valence-electron chi connectivity index (χ0n) is 10.4. The average Bonchev–Trinajstić information content (AvgIpc) is 2.38. The maximum absolute atomic E-state index is 12.1. The van der Waals surface area contributed by atoms with Crippen LogP contribution in [0.2, 0.25) is 0 Å². The molecule has 104 valence electrons. The lowest BCUT2D eigenvalue weighted by molar-refractivity contribution is -0.118. The molecule has 7 nitrogen and oxygen atoms in total. The Labute approximate surface area is 112 Å². The van der Waals surface area contributed by atoms with Crippen molar-refractivity contribution in [3.8, 4) is 5.75 Å². The molecule has 20 heavy (non-hydrogen) atoms. The van der Waals surface area contributed by atoms with E-state index in [0.717, 1.165) is 4.57 Å². The third-order valence-corrected chi connectivity index (χ3v) is 2.94. The van der Waals surface area contributed by atoms with Crippen molar-refractivity contribution in [3.63, 3.8) is 0 Å². The summed E-state index contributed by atoms with van der Waals surface area (Å²) in [6.07, 6.45) is -0.103. The number of carbonyl (C=O) groups is 2. The summed E-state index contributed by atoms with van der Waals surface area (Å²) in [6.45, 7) is -0.0464. The number of carboxylic acid groups (broad SMARTS) is 1. The van der Waals surface area contributed by atoms with Crippen LogP contribution in [0.25, 0.3) is 10.9 Å². The van der Waals surface area contributed by atoms with E-state index in [4.69, 9.17) is 10.8 Å². The van der Waals surface area contributed by atoms with E-state index in [1.54, 1.807) is 18.2 Å². The third-order valence-electron chi connectivity index (χ3n) is 2.94. The van der Waals surface area contributed by atoms with E-state index in [9.17, 15) is 19.5 Å². The molecule has 0 saturated heterocycles. The number of benzene rings is 1. The highest BCUT2D eigenvalue weighted by molar-refractivity contribution is 5.98. The first-order valence-electron chi connectivity index (χ1n) is 5.79. The molecule has 0 radical (unpaired) electrons. The van der Waals surface area contributed by atoms with Gasteiger partial charge in [0.1, 0.15) is 5.75 Å². The Bertz CT molecular complexity index is 763. The fraction of sp³-hybridized carbons (Fsp3) is 0.154. The Kier molecular flexibility index (Phi) is 3.43. The largest absolute Gasteiger partial charge is 0.506 e. The zero-order valence-corrected chi connectivity index (χ0v) is 10.4. The van der Waals surface area contributed by atoms with Crippen LogP contribution in [0.3, 0.4) is 0 Å². The molecular weight excluding hydrogens is 264 g/mol. The first-order valence-corrected chi connectivity index (χ1v) is 5.79. The Hall–Kier alpha value is -2.83. The van der Waals surface area contributed by atoms with Gasteiger partial charge >= 0.3 is 5.97 Å². The summed E-state index contributed by atoms with van der Waals surface area (Å²) in [5.41, 5.74) is 3.81. The van der Waals surface area contributed by atoms with Gasteiger partial charge in [0, 0.05) is 18.4 Å². The quantitative estimate of drug-likeness (QED) is 0.740. The number of fused-ring (bicyclic) bond motifs is 1. The average molecular weight is 276 g/mol. The highest BCUT2D eigenvalue weighted by Gasteiger charge is 2.21. The maximum Gasteiger partial charge on any atom is 0.345 e. The number of para-hydroxylation sites is 1. The molecule has 0 atom stereocenters. The Balaban J connectivity index is 2.80. The zero-order chi connectivity index (χ0) is 14.9. The van der Waals surface area contributed by atoms with Crippen molar-refractivity contribution in [3.05, 3.63) is 40.2 Å². The molecule has 0 aliphatic rings. The van der Waals surface area contributed by atoms with E-state index in [1.165, 1.54) is 6.07 Å². The molecule has 0 spiro atoms. The number of aromatic carboxylic acids is 1. The molecule has 7 heteroatoms. The first kappa shape index (κ1) is 13.6. The highest BCUT2D eigenvalue weighted by atomic mass is 16.4. The summed E-state index contributed by atoms with van der Waals surface area (Å²) in [5.74, 6) is -2.70. The number of aryl methyl sites for hydroxylation is 1. The van der Waals surface area contributed by atoms with E-state index >= 15 is 0 Å². The number of primary amides is 1. The number of hydrogen-bond donors (Lipinski definition) is 3. The molecule has 0 saturated carbocycles. The second kappa shape index (κ2) is 5.04. The first-order chi connectivity index (χ1) is 9.43. The molecule has 1 aromatic carbocycles. The summed E-state index contributed by atoms with van der Waals surface area (Å²) >= 11 is 0. The van der Waals surface area contributed by atoms with Gasteiger partial charge in [0.25, 0.3) is 5.56 Å². The lowest BCUT2D eigenvalue weighted by Crippen LogP contribution is -2.28. The molecule has 1 heterocycles. The maximum atomic E-state index is 12.1. The van der Waals surface area contributed by atoms with Crippen LogP contribution in [0.1, 0.15) is 16.8 Å². The molecule has 0 fully saturated rings. The predicted octanol–water partition coefficient (Wildman–Crippen LogP) is 0.281.